The van der Waals surface area contributed by atoms with Crippen molar-refractivity contribution in [2.24, 2.45) is 0 Å². The zero-order chi connectivity index (χ0) is 29.9. The highest BCUT2D eigenvalue weighted by Crippen LogP contribution is 2.46. The van der Waals surface area contributed by atoms with Crippen LogP contribution in [0.5, 0.6) is 0 Å². The Labute approximate surface area is 270 Å². The summed E-state index contributed by atoms with van der Waals surface area (Å²) < 4.78 is 14.0. The third-order valence-corrected chi connectivity index (χ3v) is 11.9. The van der Waals surface area contributed by atoms with E-state index in [9.17, 15) is 0 Å². The Bertz CT molecular complexity index is 3040. The second kappa shape index (κ2) is 9.07. The van der Waals surface area contributed by atoms with Crippen molar-refractivity contribution in [2.45, 2.75) is 0 Å². The molecule has 0 amide bonds. The molecule has 0 saturated heterocycles. The van der Waals surface area contributed by atoms with Gasteiger partial charge in [0, 0.05) is 61.9 Å². The molecule has 0 bridgehead atoms. The third-order valence-electron chi connectivity index (χ3n) is 9.60. The number of para-hydroxylation sites is 2. The first kappa shape index (κ1) is 24.8. The Kier molecular flexibility index (Phi) is 4.90. The van der Waals surface area contributed by atoms with Crippen LogP contribution in [-0.2, 0) is 0 Å². The predicted octanol–water partition coefficient (Wildman–Crippen LogP) is 13.1. The third kappa shape index (κ3) is 3.30. The molecule has 4 heterocycles. The molecule has 11 aromatic rings. The first-order chi connectivity index (χ1) is 22.8. The molecular weight excluding hydrogens is 599 g/mol. The number of benzene rings is 7. The molecule has 0 saturated carbocycles. The number of aromatic nitrogens is 1. The lowest BCUT2D eigenvalue weighted by molar-refractivity contribution is 0.669. The minimum Gasteiger partial charge on any atom is -0.456 e. The lowest BCUT2D eigenvalue weighted by Gasteiger charge is -2.12. The Hall–Kier alpha value is -5.42. The molecule has 4 heteroatoms. The summed E-state index contributed by atoms with van der Waals surface area (Å²) in [5, 5.41) is 10.1. The Morgan fingerprint density at radius 3 is 2.00 bits per heavy atom. The number of nitrogens with zero attached hydrogens (tertiary/aromatic N) is 1. The highest BCUT2D eigenvalue weighted by molar-refractivity contribution is 7.26. The maximum atomic E-state index is 6.27. The second-order valence-electron chi connectivity index (χ2n) is 12.1. The monoisotopic (exact) mass is 621 g/mol. The number of thiophene rings is 2. The maximum absolute atomic E-state index is 6.27. The van der Waals surface area contributed by atoms with Crippen LogP contribution < -0.4 is 0 Å². The van der Waals surface area contributed by atoms with E-state index in [2.05, 4.69) is 132 Å². The van der Waals surface area contributed by atoms with E-state index in [1.54, 1.807) is 0 Å². The van der Waals surface area contributed by atoms with Crippen LogP contribution in [0.15, 0.2) is 144 Å². The topological polar surface area (TPSA) is 18.1 Å². The van der Waals surface area contributed by atoms with Crippen LogP contribution in [-0.4, -0.2) is 4.57 Å². The average molecular weight is 622 g/mol. The summed E-state index contributed by atoms with van der Waals surface area (Å²) in [6, 6.07) is 51.0. The van der Waals surface area contributed by atoms with Gasteiger partial charge in [-0.2, -0.15) is 0 Å². The summed E-state index contributed by atoms with van der Waals surface area (Å²) in [5.41, 5.74) is 7.95. The van der Waals surface area contributed by atoms with E-state index in [1.165, 1.54) is 73.4 Å². The molecule has 0 radical (unpaired) electrons. The minimum atomic E-state index is 0.923. The van der Waals surface area contributed by atoms with Gasteiger partial charge in [0.05, 0.1) is 16.7 Å². The zero-order valence-electron chi connectivity index (χ0n) is 24.5. The molecule has 4 aromatic heterocycles. The lowest BCUT2D eigenvalue weighted by Crippen LogP contribution is -1.95. The Balaban J connectivity index is 1.22. The first-order valence-electron chi connectivity index (χ1n) is 15.5. The van der Waals surface area contributed by atoms with Crippen molar-refractivity contribution in [3.8, 4) is 16.8 Å². The van der Waals surface area contributed by atoms with Crippen LogP contribution in [0.2, 0.25) is 0 Å². The zero-order valence-corrected chi connectivity index (χ0v) is 26.1. The van der Waals surface area contributed by atoms with Crippen LogP contribution in [0, 0.1) is 0 Å². The van der Waals surface area contributed by atoms with Gasteiger partial charge in [0.1, 0.15) is 11.2 Å². The molecule has 0 aliphatic carbocycles. The summed E-state index contributed by atoms with van der Waals surface area (Å²) in [7, 11) is 0. The highest BCUT2D eigenvalue weighted by Gasteiger charge is 2.21. The number of rotatable bonds is 2. The van der Waals surface area contributed by atoms with E-state index < -0.39 is 0 Å². The van der Waals surface area contributed by atoms with Crippen LogP contribution in [0.25, 0.3) is 101 Å². The van der Waals surface area contributed by atoms with Gasteiger partial charge in [-0.25, -0.2) is 0 Å². The Morgan fingerprint density at radius 1 is 0.413 bits per heavy atom. The van der Waals surface area contributed by atoms with Gasteiger partial charge >= 0.3 is 0 Å². The molecule has 7 aromatic carbocycles. The standard InChI is InChI=1S/C42H23NOS2/c1-4-11-32-26(8-1)29-19-21-39-41(30-10-3-6-14-36(30)45-39)42(29)43(32)33-12-7-15-38-40(33)31-22-24(17-20-37(31)46-38)25-16-18-28-27-9-2-5-13-34(27)44-35(28)23-25/h1-23H. The van der Waals surface area contributed by atoms with Gasteiger partial charge in [0.25, 0.3) is 0 Å². The lowest BCUT2D eigenvalue weighted by atomic mass is 10.0. The fourth-order valence-electron chi connectivity index (χ4n) is 7.59. The van der Waals surface area contributed by atoms with Crippen molar-refractivity contribution in [3.05, 3.63) is 140 Å². The van der Waals surface area contributed by atoms with Crippen molar-refractivity contribution in [2.75, 3.05) is 0 Å². The summed E-state index contributed by atoms with van der Waals surface area (Å²) in [6.45, 7) is 0. The second-order valence-corrected chi connectivity index (χ2v) is 14.2. The minimum absolute atomic E-state index is 0.923. The van der Waals surface area contributed by atoms with Crippen LogP contribution in [0.3, 0.4) is 0 Å². The number of furan rings is 1. The van der Waals surface area contributed by atoms with Crippen molar-refractivity contribution >= 4 is 107 Å². The summed E-state index contributed by atoms with van der Waals surface area (Å²) in [5.74, 6) is 0. The van der Waals surface area contributed by atoms with Crippen molar-refractivity contribution < 1.29 is 4.42 Å². The van der Waals surface area contributed by atoms with Crippen molar-refractivity contribution in [1.29, 1.82) is 0 Å². The van der Waals surface area contributed by atoms with Gasteiger partial charge in [-0.05, 0) is 71.8 Å². The van der Waals surface area contributed by atoms with Gasteiger partial charge in [0.15, 0.2) is 0 Å². The molecule has 0 N–H and O–H groups in total. The largest absolute Gasteiger partial charge is 0.456 e. The van der Waals surface area contributed by atoms with E-state index in [1.807, 2.05) is 34.8 Å². The molecule has 0 unspecified atom stereocenters. The normalized spacial score (nSPS) is 12.3. The maximum Gasteiger partial charge on any atom is 0.136 e. The Morgan fingerprint density at radius 2 is 1.07 bits per heavy atom. The van der Waals surface area contributed by atoms with Crippen molar-refractivity contribution in [1.82, 2.24) is 4.57 Å². The highest BCUT2D eigenvalue weighted by atomic mass is 32.1. The summed E-state index contributed by atoms with van der Waals surface area (Å²) >= 11 is 3.75. The van der Waals surface area contributed by atoms with Gasteiger partial charge in [-0.3, -0.25) is 0 Å². The molecule has 2 nitrogen and oxygen atoms in total. The fraction of sp³-hybridized carbons (Fsp3) is 0. The van der Waals surface area contributed by atoms with Gasteiger partial charge in [0.2, 0.25) is 0 Å². The molecule has 0 spiro atoms. The molecule has 0 aliphatic rings. The number of fused-ring (bicyclic) bond motifs is 13. The number of hydrogen-bond donors (Lipinski definition) is 0. The fourth-order valence-corrected chi connectivity index (χ4v) is 9.81. The van der Waals surface area contributed by atoms with E-state index >= 15 is 0 Å². The molecule has 46 heavy (non-hydrogen) atoms. The summed E-state index contributed by atoms with van der Waals surface area (Å²) in [6.07, 6.45) is 0. The number of hydrogen-bond acceptors (Lipinski definition) is 3. The molecule has 0 atom stereocenters. The molecule has 0 fully saturated rings. The predicted molar refractivity (Wildman–Crippen MR) is 199 cm³/mol. The van der Waals surface area contributed by atoms with Crippen LogP contribution in [0.4, 0.5) is 0 Å². The molecule has 214 valence electrons. The van der Waals surface area contributed by atoms with Gasteiger partial charge in [-0.15, -0.1) is 22.7 Å². The van der Waals surface area contributed by atoms with E-state index in [-0.39, 0.29) is 0 Å². The quantitative estimate of drug-likeness (QED) is 0.188. The smallest absolute Gasteiger partial charge is 0.136 e. The van der Waals surface area contributed by atoms with Gasteiger partial charge in [-0.1, -0.05) is 78.9 Å². The van der Waals surface area contributed by atoms with E-state index in [0.29, 0.717) is 0 Å². The van der Waals surface area contributed by atoms with Crippen molar-refractivity contribution in [3.63, 3.8) is 0 Å². The molecular formula is C42H23NOS2. The summed E-state index contributed by atoms with van der Waals surface area (Å²) in [4.78, 5) is 0. The van der Waals surface area contributed by atoms with E-state index in [4.69, 9.17) is 4.42 Å². The molecule has 11 rings (SSSR count). The SMILES string of the molecule is c1ccc2c(c1)oc1cc(-c3ccc4sc5cccc(-n6c7ccccc7c7ccc8sc9ccccc9c8c76)c5c4c3)ccc12. The van der Waals surface area contributed by atoms with Crippen LogP contribution in [0.1, 0.15) is 0 Å². The van der Waals surface area contributed by atoms with E-state index in [0.717, 1.165) is 27.5 Å². The van der Waals surface area contributed by atoms with Crippen LogP contribution >= 0.6 is 22.7 Å². The average Bonchev–Trinajstić information content (AvgIpc) is 3.86. The van der Waals surface area contributed by atoms with Gasteiger partial charge < -0.3 is 8.98 Å². The molecule has 0 aliphatic heterocycles. The first-order valence-corrected chi connectivity index (χ1v) is 17.1.